The third-order valence-electron chi connectivity index (χ3n) is 5.44. The van der Waals surface area contributed by atoms with Crippen molar-refractivity contribution < 1.29 is 14.3 Å². The number of fused-ring (bicyclic) bond motifs is 1. The summed E-state index contributed by atoms with van der Waals surface area (Å²) in [5.41, 5.74) is 3.73. The van der Waals surface area contributed by atoms with Crippen LogP contribution in [0.15, 0.2) is 65.4 Å². The van der Waals surface area contributed by atoms with E-state index in [1.807, 2.05) is 54.6 Å². The number of urea groups is 1. The Labute approximate surface area is 189 Å². The number of H-pyrrole nitrogens is 1. The molecule has 160 valence electrons. The Balaban J connectivity index is 1.60. The van der Waals surface area contributed by atoms with Gasteiger partial charge in [-0.25, -0.2) is 14.6 Å². The predicted molar refractivity (Wildman–Crippen MR) is 119 cm³/mol. The van der Waals surface area contributed by atoms with Gasteiger partial charge in [-0.05, 0) is 23.3 Å². The number of rotatable bonds is 5. The van der Waals surface area contributed by atoms with Crippen molar-refractivity contribution in [3.63, 3.8) is 0 Å². The van der Waals surface area contributed by atoms with Gasteiger partial charge >= 0.3 is 12.0 Å². The van der Waals surface area contributed by atoms with Crippen molar-refractivity contribution in [1.82, 2.24) is 20.2 Å². The van der Waals surface area contributed by atoms with E-state index in [-0.39, 0.29) is 12.1 Å². The molecule has 0 saturated heterocycles. The third-order valence-corrected chi connectivity index (χ3v) is 5.97. The molecule has 0 spiro atoms. The molecule has 2 atom stereocenters. The molecular weight excluding hydrogens is 460 g/mol. The quantitative estimate of drug-likeness (QED) is 0.543. The lowest BCUT2D eigenvalue weighted by atomic mass is 9.96. The van der Waals surface area contributed by atoms with Crippen molar-refractivity contribution in [2.45, 2.75) is 24.9 Å². The Morgan fingerprint density at radius 3 is 2.68 bits per heavy atom. The Kier molecular flexibility index (Phi) is 6.36. The predicted octanol–water partition coefficient (Wildman–Crippen LogP) is 3.61. The molecule has 1 aromatic heterocycles. The second-order valence-corrected chi connectivity index (χ2v) is 8.29. The summed E-state index contributed by atoms with van der Waals surface area (Å²) in [5, 5.41) is 2.89. The van der Waals surface area contributed by atoms with Crippen LogP contribution in [0.2, 0.25) is 0 Å². The Hall–Kier alpha value is -3.13. The molecule has 1 aliphatic rings. The van der Waals surface area contributed by atoms with E-state index in [0.717, 1.165) is 27.0 Å². The van der Waals surface area contributed by atoms with Gasteiger partial charge in [0.15, 0.2) is 0 Å². The van der Waals surface area contributed by atoms with Crippen molar-refractivity contribution in [1.29, 1.82) is 0 Å². The van der Waals surface area contributed by atoms with E-state index < -0.39 is 12.0 Å². The molecule has 8 heteroatoms. The first-order chi connectivity index (χ1) is 15.1. The van der Waals surface area contributed by atoms with Crippen LogP contribution in [0.5, 0.6) is 0 Å². The molecule has 2 N–H and O–H groups in total. The highest BCUT2D eigenvalue weighted by Gasteiger charge is 2.35. The zero-order chi connectivity index (χ0) is 21.8. The molecule has 1 unspecified atom stereocenters. The maximum atomic E-state index is 13.4. The minimum atomic E-state index is -0.786. The summed E-state index contributed by atoms with van der Waals surface area (Å²) >= 11 is 3.46. The van der Waals surface area contributed by atoms with Gasteiger partial charge in [0.1, 0.15) is 12.1 Å². The van der Waals surface area contributed by atoms with E-state index in [1.54, 1.807) is 11.2 Å². The smallest absolute Gasteiger partial charge is 0.328 e. The van der Waals surface area contributed by atoms with Gasteiger partial charge in [0.05, 0.1) is 19.1 Å². The Morgan fingerprint density at radius 1 is 1.23 bits per heavy atom. The summed E-state index contributed by atoms with van der Waals surface area (Å²) in [4.78, 5) is 35.2. The van der Waals surface area contributed by atoms with E-state index >= 15 is 0 Å². The SMILES string of the molecule is COC(=O)[C@H](Cc1ccccc1)NC(=O)N1CCc2[nH]cnc2C1c1ccc(Br)cc1. The van der Waals surface area contributed by atoms with Crippen LogP contribution in [0.25, 0.3) is 0 Å². The zero-order valence-corrected chi connectivity index (χ0v) is 18.6. The normalized spacial score (nSPS) is 16.3. The van der Waals surface area contributed by atoms with Gasteiger partial charge < -0.3 is 19.9 Å². The molecule has 2 heterocycles. The Bertz CT molecular complexity index is 1050. The number of esters is 1. The number of imidazole rings is 1. The van der Waals surface area contributed by atoms with Gasteiger partial charge in [0.25, 0.3) is 0 Å². The van der Waals surface area contributed by atoms with Gasteiger partial charge in [-0.15, -0.1) is 0 Å². The number of halogens is 1. The summed E-state index contributed by atoms with van der Waals surface area (Å²) in [5.74, 6) is -0.477. The molecule has 31 heavy (non-hydrogen) atoms. The number of carbonyl (C=O) groups excluding carboxylic acids is 2. The summed E-state index contributed by atoms with van der Waals surface area (Å²) in [6.07, 6.45) is 2.67. The van der Waals surface area contributed by atoms with Gasteiger partial charge in [-0.1, -0.05) is 58.4 Å². The lowest BCUT2D eigenvalue weighted by Gasteiger charge is -2.36. The van der Waals surface area contributed by atoms with Crippen LogP contribution < -0.4 is 5.32 Å². The fourth-order valence-electron chi connectivity index (χ4n) is 3.90. The van der Waals surface area contributed by atoms with E-state index in [1.165, 1.54) is 7.11 Å². The van der Waals surface area contributed by atoms with Crippen LogP contribution in [-0.4, -0.2) is 46.6 Å². The molecule has 0 radical (unpaired) electrons. The molecule has 1 aliphatic heterocycles. The van der Waals surface area contributed by atoms with Crippen LogP contribution in [0.3, 0.4) is 0 Å². The average molecular weight is 483 g/mol. The number of methoxy groups -OCH3 is 1. The van der Waals surface area contributed by atoms with Gasteiger partial charge in [0.2, 0.25) is 0 Å². The number of nitrogens with one attached hydrogen (secondary N) is 2. The molecule has 0 bridgehead atoms. The number of benzene rings is 2. The topological polar surface area (TPSA) is 87.3 Å². The number of hydrogen-bond acceptors (Lipinski definition) is 4. The minimum absolute atomic E-state index is 0.326. The highest BCUT2D eigenvalue weighted by Crippen LogP contribution is 2.34. The molecule has 0 fully saturated rings. The maximum absolute atomic E-state index is 13.4. The highest BCUT2D eigenvalue weighted by molar-refractivity contribution is 9.10. The van der Waals surface area contributed by atoms with E-state index in [4.69, 9.17) is 4.74 Å². The van der Waals surface area contributed by atoms with Gasteiger partial charge in [-0.3, -0.25) is 0 Å². The fourth-order valence-corrected chi connectivity index (χ4v) is 4.16. The number of carbonyl (C=O) groups is 2. The molecule has 2 amide bonds. The number of ether oxygens (including phenoxy) is 1. The summed E-state index contributed by atoms with van der Waals surface area (Å²) in [6.45, 7) is 0.501. The van der Waals surface area contributed by atoms with Crippen molar-refractivity contribution in [3.8, 4) is 0 Å². The number of aromatic amines is 1. The van der Waals surface area contributed by atoms with Gasteiger partial charge in [0, 0.05) is 29.6 Å². The number of nitrogens with zero attached hydrogens (tertiary/aromatic N) is 2. The third kappa shape index (κ3) is 4.64. The molecule has 0 aliphatic carbocycles. The number of aromatic nitrogens is 2. The highest BCUT2D eigenvalue weighted by atomic mass is 79.9. The van der Waals surface area contributed by atoms with Crippen LogP contribution in [0.4, 0.5) is 4.79 Å². The van der Waals surface area contributed by atoms with Gasteiger partial charge in [-0.2, -0.15) is 0 Å². The number of amides is 2. The summed E-state index contributed by atoms with van der Waals surface area (Å²) < 4.78 is 5.90. The lowest BCUT2D eigenvalue weighted by molar-refractivity contribution is -0.142. The van der Waals surface area contributed by atoms with Crippen molar-refractivity contribution in [2.75, 3.05) is 13.7 Å². The van der Waals surface area contributed by atoms with E-state index in [0.29, 0.717) is 19.4 Å². The van der Waals surface area contributed by atoms with Crippen LogP contribution in [0, 0.1) is 0 Å². The average Bonchev–Trinajstić information content (AvgIpc) is 3.27. The maximum Gasteiger partial charge on any atom is 0.328 e. The minimum Gasteiger partial charge on any atom is -0.467 e. The number of hydrogen-bond donors (Lipinski definition) is 2. The second-order valence-electron chi connectivity index (χ2n) is 7.38. The van der Waals surface area contributed by atoms with Crippen LogP contribution >= 0.6 is 15.9 Å². The first kappa shape index (κ1) is 21.1. The van der Waals surface area contributed by atoms with E-state index in [2.05, 4.69) is 31.2 Å². The first-order valence-electron chi connectivity index (χ1n) is 10.0. The monoisotopic (exact) mass is 482 g/mol. The fraction of sp³-hybridized carbons (Fsp3) is 0.261. The van der Waals surface area contributed by atoms with Crippen LogP contribution in [0.1, 0.15) is 28.6 Å². The standard InChI is InChI=1S/C23H23BrN4O3/c1-31-22(29)19(13-15-5-3-2-4-6-15)27-23(30)28-12-11-18-20(26-14-25-18)21(28)16-7-9-17(24)10-8-16/h2-10,14,19,21H,11-13H2,1H3,(H,25,26)(H,27,30)/t19-,21?/m0/s1. The van der Waals surface area contributed by atoms with Crippen LogP contribution in [-0.2, 0) is 22.4 Å². The molecule has 7 nitrogen and oxygen atoms in total. The largest absolute Gasteiger partial charge is 0.467 e. The molecular formula is C23H23BrN4O3. The van der Waals surface area contributed by atoms with E-state index in [9.17, 15) is 9.59 Å². The molecule has 0 saturated carbocycles. The molecule has 2 aromatic carbocycles. The van der Waals surface area contributed by atoms with Crippen molar-refractivity contribution in [3.05, 3.63) is 87.9 Å². The Morgan fingerprint density at radius 2 is 1.97 bits per heavy atom. The summed E-state index contributed by atoms with van der Waals surface area (Å²) in [6, 6.07) is 15.9. The second kappa shape index (κ2) is 9.34. The molecule has 3 aromatic rings. The lowest BCUT2D eigenvalue weighted by Crippen LogP contribution is -2.52. The molecule has 4 rings (SSSR count). The zero-order valence-electron chi connectivity index (χ0n) is 17.0. The van der Waals surface area contributed by atoms with Crippen molar-refractivity contribution >= 4 is 27.9 Å². The first-order valence-corrected chi connectivity index (χ1v) is 10.8. The van der Waals surface area contributed by atoms with Crippen molar-refractivity contribution in [2.24, 2.45) is 0 Å². The summed E-state index contributed by atoms with van der Waals surface area (Å²) in [7, 11) is 1.33.